The number of benzene rings is 1. The van der Waals surface area contributed by atoms with E-state index in [1.807, 2.05) is 0 Å². The number of alkyl halides is 3. The second-order valence-corrected chi connectivity index (χ2v) is 4.03. The van der Waals surface area contributed by atoms with Crippen LogP contribution in [0.25, 0.3) is 0 Å². The first-order chi connectivity index (χ1) is 9.94. The second-order valence-electron chi connectivity index (χ2n) is 4.03. The minimum Gasteiger partial charge on any atom is -0.438 e. The first-order valence-electron chi connectivity index (χ1n) is 5.94. The average Bonchev–Trinajstić information content (AvgIpc) is 2.46. The molecule has 1 heterocycles. The van der Waals surface area contributed by atoms with E-state index in [0.29, 0.717) is 5.56 Å². The van der Waals surface area contributed by atoms with Crippen LogP contribution >= 0.6 is 0 Å². The molecule has 1 aromatic carbocycles. The maximum absolute atomic E-state index is 12.7. The molecule has 0 aliphatic heterocycles. The van der Waals surface area contributed by atoms with Crippen molar-refractivity contribution in [1.29, 1.82) is 0 Å². The first kappa shape index (κ1) is 15.0. The van der Waals surface area contributed by atoms with E-state index in [9.17, 15) is 18.3 Å². The molecule has 0 unspecified atom stereocenters. The summed E-state index contributed by atoms with van der Waals surface area (Å²) in [6, 6.07) is 7.68. The van der Waals surface area contributed by atoms with Crippen molar-refractivity contribution in [3.8, 4) is 11.6 Å². The summed E-state index contributed by atoms with van der Waals surface area (Å²) in [5, 5.41) is 11.7. The van der Waals surface area contributed by atoms with Crippen molar-refractivity contribution in [2.45, 2.75) is 12.8 Å². The van der Waals surface area contributed by atoms with E-state index in [0.717, 1.165) is 0 Å². The SMILES string of the molecule is CNc1cc(Oc2ccccc2CO)nc(C(F)(F)F)n1. The number of ether oxygens (including phenoxy) is 1. The highest BCUT2D eigenvalue weighted by Gasteiger charge is 2.35. The summed E-state index contributed by atoms with van der Waals surface area (Å²) in [6.07, 6.45) is -4.68. The Morgan fingerprint density at radius 2 is 1.95 bits per heavy atom. The number of hydrogen-bond acceptors (Lipinski definition) is 5. The summed E-state index contributed by atoms with van der Waals surface area (Å²) in [5.41, 5.74) is 0.440. The van der Waals surface area contributed by atoms with E-state index in [2.05, 4.69) is 15.3 Å². The van der Waals surface area contributed by atoms with Crippen molar-refractivity contribution >= 4 is 5.82 Å². The Hall–Kier alpha value is -2.35. The number of hydrogen-bond donors (Lipinski definition) is 2. The van der Waals surface area contributed by atoms with Gasteiger partial charge in [-0.05, 0) is 6.07 Å². The fourth-order valence-corrected chi connectivity index (χ4v) is 1.58. The molecule has 0 amide bonds. The molecular weight excluding hydrogens is 287 g/mol. The van der Waals surface area contributed by atoms with Crippen molar-refractivity contribution in [2.75, 3.05) is 12.4 Å². The van der Waals surface area contributed by atoms with E-state index < -0.39 is 12.0 Å². The van der Waals surface area contributed by atoms with Crippen LogP contribution in [0.1, 0.15) is 11.4 Å². The number of aliphatic hydroxyl groups excluding tert-OH is 1. The zero-order chi connectivity index (χ0) is 15.5. The summed E-state index contributed by atoms with van der Waals surface area (Å²) in [4.78, 5) is 6.67. The van der Waals surface area contributed by atoms with Crippen LogP contribution in [-0.4, -0.2) is 22.1 Å². The minimum absolute atomic E-state index is 0.0196. The summed E-state index contributed by atoms with van der Waals surface area (Å²) < 4.78 is 43.5. The Morgan fingerprint density at radius 3 is 2.57 bits per heavy atom. The highest BCUT2D eigenvalue weighted by Crippen LogP contribution is 2.31. The average molecular weight is 299 g/mol. The molecule has 0 saturated carbocycles. The lowest BCUT2D eigenvalue weighted by Gasteiger charge is -2.12. The number of nitrogens with one attached hydrogen (secondary N) is 1. The van der Waals surface area contributed by atoms with E-state index >= 15 is 0 Å². The van der Waals surface area contributed by atoms with Crippen LogP contribution in [0, 0.1) is 0 Å². The Labute approximate surface area is 118 Å². The van der Waals surface area contributed by atoms with Gasteiger partial charge in [-0.15, -0.1) is 0 Å². The molecule has 5 nitrogen and oxygen atoms in total. The van der Waals surface area contributed by atoms with E-state index in [1.165, 1.54) is 19.2 Å². The molecule has 0 aliphatic rings. The van der Waals surface area contributed by atoms with Gasteiger partial charge in [0.1, 0.15) is 11.6 Å². The largest absolute Gasteiger partial charge is 0.451 e. The summed E-state index contributed by atoms with van der Waals surface area (Å²) >= 11 is 0. The van der Waals surface area contributed by atoms with Gasteiger partial charge in [-0.25, -0.2) is 4.98 Å². The molecule has 21 heavy (non-hydrogen) atoms. The van der Waals surface area contributed by atoms with Gasteiger partial charge in [-0.2, -0.15) is 18.2 Å². The van der Waals surface area contributed by atoms with Crippen molar-refractivity contribution < 1.29 is 23.0 Å². The molecule has 0 spiro atoms. The molecule has 0 aliphatic carbocycles. The third-order valence-corrected chi connectivity index (χ3v) is 2.57. The maximum atomic E-state index is 12.7. The van der Waals surface area contributed by atoms with Gasteiger partial charge in [0.05, 0.1) is 6.61 Å². The van der Waals surface area contributed by atoms with Crippen molar-refractivity contribution in [1.82, 2.24) is 9.97 Å². The van der Waals surface area contributed by atoms with Gasteiger partial charge in [0.2, 0.25) is 11.7 Å². The van der Waals surface area contributed by atoms with Crippen LogP contribution in [0.15, 0.2) is 30.3 Å². The van der Waals surface area contributed by atoms with Crippen LogP contribution in [-0.2, 0) is 12.8 Å². The lowest BCUT2D eigenvalue weighted by atomic mass is 10.2. The van der Waals surface area contributed by atoms with Crippen molar-refractivity contribution in [2.24, 2.45) is 0 Å². The summed E-state index contributed by atoms with van der Waals surface area (Å²) in [5.74, 6) is -1.35. The van der Waals surface area contributed by atoms with Gasteiger partial charge < -0.3 is 15.2 Å². The predicted octanol–water partition coefficient (Wildman–Crippen LogP) is 2.82. The van der Waals surface area contributed by atoms with Gasteiger partial charge in [0, 0.05) is 18.7 Å². The molecule has 1 aromatic heterocycles. The van der Waals surface area contributed by atoms with Crippen LogP contribution in [0.3, 0.4) is 0 Å². The lowest BCUT2D eigenvalue weighted by Crippen LogP contribution is -2.13. The van der Waals surface area contributed by atoms with Gasteiger partial charge in [-0.1, -0.05) is 18.2 Å². The molecule has 0 fully saturated rings. The molecule has 0 radical (unpaired) electrons. The zero-order valence-corrected chi connectivity index (χ0v) is 11.0. The number of rotatable bonds is 4. The third kappa shape index (κ3) is 3.60. The topological polar surface area (TPSA) is 67.3 Å². The van der Waals surface area contributed by atoms with Gasteiger partial charge >= 0.3 is 6.18 Å². The number of anilines is 1. The van der Waals surface area contributed by atoms with Gasteiger partial charge in [0.25, 0.3) is 0 Å². The predicted molar refractivity (Wildman–Crippen MR) is 69.0 cm³/mol. The molecular formula is C13H12F3N3O2. The fourth-order valence-electron chi connectivity index (χ4n) is 1.58. The lowest BCUT2D eigenvalue weighted by molar-refractivity contribution is -0.145. The van der Waals surface area contributed by atoms with Crippen LogP contribution in [0.4, 0.5) is 19.0 Å². The molecule has 2 N–H and O–H groups in total. The Bertz CT molecular complexity index is 632. The minimum atomic E-state index is -4.68. The molecule has 112 valence electrons. The Morgan fingerprint density at radius 1 is 1.24 bits per heavy atom. The number of aliphatic hydroxyl groups is 1. The third-order valence-electron chi connectivity index (χ3n) is 2.57. The quantitative estimate of drug-likeness (QED) is 0.908. The maximum Gasteiger partial charge on any atom is 0.451 e. The first-order valence-corrected chi connectivity index (χ1v) is 5.94. The van der Waals surface area contributed by atoms with Crippen LogP contribution in [0.5, 0.6) is 11.6 Å². The van der Waals surface area contributed by atoms with Crippen molar-refractivity contribution in [3.63, 3.8) is 0 Å². The molecule has 0 bridgehead atoms. The van der Waals surface area contributed by atoms with E-state index in [1.54, 1.807) is 18.2 Å². The van der Waals surface area contributed by atoms with Gasteiger partial charge in [0.15, 0.2) is 0 Å². The smallest absolute Gasteiger partial charge is 0.438 e. The van der Waals surface area contributed by atoms with Crippen LogP contribution < -0.4 is 10.1 Å². The van der Waals surface area contributed by atoms with Crippen molar-refractivity contribution in [3.05, 3.63) is 41.7 Å². The number of nitrogens with zero attached hydrogens (tertiary/aromatic N) is 2. The monoisotopic (exact) mass is 299 g/mol. The molecule has 2 rings (SSSR count). The molecule has 0 atom stereocenters. The number of aromatic nitrogens is 2. The molecule has 0 saturated heterocycles. The Kier molecular flexibility index (Phi) is 4.27. The van der Waals surface area contributed by atoms with E-state index in [-0.39, 0.29) is 24.1 Å². The van der Waals surface area contributed by atoms with Gasteiger partial charge in [-0.3, -0.25) is 0 Å². The highest BCUT2D eigenvalue weighted by atomic mass is 19.4. The fraction of sp³-hybridized carbons (Fsp3) is 0.231. The normalized spacial score (nSPS) is 11.3. The zero-order valence-electron chi connectivity index (χ0n) is 11.0. The standard InChI is InChI=1S/C13H12F3N3O2/c1-17-10-6-11(19-12(18-10)13(14,15)16)21-9-5-3-2-4-8(9)7-20/h2-6,20H,7H2,1H3,(H,17,18,19). The number of halogens is 3. The van der Waals surface area contributed by atoms with E-state index in [4.69, 9.17) is 4.74 Å². The Balaban J connectivity index is 2.39. The highest BCUT2D eigenvalue weighted by molar-refractivity contribution is 5.41. The molecule has 8 heteroatoms. The van der Waals surface area contributed by atoms with Crippen LogP contribution in [0.2, 0.25) is 0 Å². The number of para-hydroxylation sites is 1. The second kappa shape index (κ2) is 5.96. The molecule has 2 aromatic rings. The summed E-state index contributed by atoms with van der Waals surface area (Å²) in [7, 11) is 1.44. The summed E-state index contributed by atoms with van der Waals surface area (Å²) in [6.45, 7) is -0.299.